The molecule has 0 N–H and O–H groups in total. The molecule has 4 aromatic carbocycles. The first kappa shape index (κ1) is 15.4. The van der Waals surface area contributed by atoms with Crippen molar-refractivity contribution in [1.29, 1.82) is 0 Å². The molecule has 0 unspecified atom stereocenters. The molecule has 0 bridgehead atoms. The lowest BCUT2D eigenvalue weighted by Gasteiger charge is -2.21. The molecule has 0 aromatic heterocycles. The van der Waals surface area contributed by atoms with Crippen LogP contribution < -0.4 is 0 Å². The summed E-state index contributed by atoms with van der Waals surface area (Å²) >= 11 is 0. The van der Waals surface area contributed by atoms with E-state index >= 15 is 0 Å². The Morgan fingerprint density at radius 3 is 2.12 bits per heavy atom. The van der Waals surface area contributed by atoms with Gasteiger partial charge in [0.1, 0.15) is 0 Å². The zero-order valence-corrected chi connectivity index (χ0v) is 15.3. The summed E-state index contributed by atoms with van der Waals surface area (Å²) < 4.78 is 0. The molecular formula is C26H22. The van der Waals surface area contributed by atoms with Crippen LogP contribution in [0.5, 0.6) is 0 Å². The summed E-state index contributed by atoms with van der Waals surface area (Å²) in [6.07, 6.45) is 0.973. The van der Waals surface area contributed by atoms with Gasteiger partial charge in [-0.1, -0.05) is 98.8 Å². The van der Waals surface area contributed by atoms with E-state index in [1.807, 2.05) is 0 Å². The fraction of sp³-hybridized carbons (Fsp3) is 0.154. The third-order valence-electron chi connectivity index (χ3n) is 5.87. The highest BCUT2D eigenvalue weighted by atomic mass is 14.4. The second-order valence-corrected chi connectivity index (χ2v) is 7.91. The van der Waals surface area contributed by atoms with Gasteiger partial charge >= 0.3 is 0 Å². The molecule has 0 fully saturated rings. The monoisotopic (exact) mass is 334 g/mol. The van der Waals surface area contributed by atoms with Gasteiger partial charge in [-0.25, -0.2) is 0 Å². The first-order valence-corrected chi connectivity index (χ1v) is 9.34. The first-order chi connectivity index (χ1) is 12.6. The third-order valence-corrected chi connectivity index (χ3v) is 5.87. The number of hydrogen-bond donors (Lipinski definition) is 0. The van der Waals surface area contributed by atoms with Crippen LogP contribution in [0.25, 0.3) is 21.9 Å². The van der Waals surface area contributed by atoms with Crippen molar-refractivity contribution >= 4 is 10.8 Å². The summed E-state index contributed by atoms with van der Waals surface area (Å²) in [7, 11) is 0. The van der Waals surface area contributed by atoms with E-state index in [1.54, 1.807) is 0 Å². The van der Waals surface area contributed by atoms with Crippen LogP contribution in [0, 0.1) is 0 Å². The summed E-state index contributed by atoms with van der Waals surface area (Å²) in [4.78, 5) is 0. The van der Waals surface area contributed by atoms with Crippen molar-refractivity contribution in [2.24, 2.45) is 0 Å². The SMILES string of the molecule is CC1(C)c2ccccc2-c2cc(Cc3ccc4ccccc4c3)ccc21. The molecule has 1 aliphatic rings. The Labute approximate surface area is 155 Å². The van der Waals surface area contributed by atoms with Gasteiger partial charge in [0.15, 0.2) is 0 Å². The van der Waals surface area contributed by atoms with E-state index in [0.717, 1.165) is 6.42 Å². The summed E-state index contributed by atoms with van der Waals surface area (Å²) in [5, 5.41) is 2.62. The molecule has 0 saturated carbocycles. The van der Waals surface area contributed by atoms with Crippen molar-refractivity contribution in [1.82, 2.24) is 0 Å². The van der Waals surface area contributed by atoms with Gasteiger partial charge < -0.3 is 0 Å². The normalized spacial score (nSPS) is 14.2. The van der Waals surface area contributed by atoms with Crippen LogP contribution >= 0.6 is 0 Å². The maximum absolute atomic E-state index is 2.40. The highest BCUT2D eigenvalue weighted by Crippen LogP contribution is 2.48. The first-order valence-electron chi connectivity index (χ1n) is 9.34. The highest BCUT2D eigenvalue weighted by molar-refractivity contribution is 5.83. The standard InChI is InChI=1S/C26H22/c1-26(2)24-10-6-5-9-22(24)23-17-19(12-14-25(23)26)15-18-11-13-20-7-3-4-8-21(20)16-18/h3-14,16-17H,15H2,1-2H3. The Kier molecular flexibility index (Phi) is 3.30. The van der Waals surface area contributed by atoms with Crippen molar-refractivity contribution in [3.63, 3.8) is 0 Å². The van der Waals surface area contributed by atoms with Crippen molar-refractivity contribution in [3.8, 4) is 11.1 Å². The molecule has 0 aliphatic heterocycles. The maximum Gasteiger partial charge on any atom is 0.0158 e. The van der Waals surface area contributed by atoms with Crippen LogP contribution in [-0.2, 0) is 11.8 Å². The lowest BCUT2D eigenvalue weighted by molar-refractivity contribution is 0.660. The molecule has 4 aromatic rings. The van der Waals surface area contributed by atoms with Crippen LogP contribution in [0.2, 0.25) is 0 Å². The predicted molar refractivity (Wildman–Crippen MR) is 111 cm³/mol. The Balaban J connectivity index is 1.56. The molecule has 0 heteroatoms. The number of rotatable bonds is 2. The van der Waals surface area contributed by atoms with Crippen molar-refractivity contribution in [2.75, 3.05) is 0 Å². The Hall–Kier alpha value is -2.86. The Bertz CT molecular complexity index is 1130. The van der Waals surface area contributed by atoms with Crippen LogP contribution in [0.1, 0.15) is 36.1 Å². The second kappa shape index (κ2) is 5.57. The molecule has 0 saturated heterocycles. The zero-order valence-electron chi connectivity index (χ0n) is 15.3. The van der Waals surface area contributed by atoms with E-state index in [9.17, 15) is 0 Å². The van der Waals surface area contributed by atoms with Crippen LogP contribution in [0.3, 0.4) is 0 Å². The minimum Gasteiger partial charge on any atom is -0.0619 e. The molecule has 0 amide bonds. The molecule has 0 spiro atoms. The number of benzene rings is 4. The van der Waals surface area contributed by atoms with E-state index in [1.165, 1.54) is 44.2 Å². The van der Waals surface area contributed by atoms with Gasteiger partial charge in [0, 0.05) is 5.41 Å². The van der Waals surface area contributed by atoms with Crippen LogP contribution in [0.4, 0.5) is 0 Å². The minimum atomic E-state index is 0.0907. The molecule has 0 atom stereocenters. The minimum absolute atomic E-state index is 0.0907. The van der Waals surface area contributed by atoms with Crippen molar-refractivity contribution in [3.05, 3.63) is 107 Å². The second-order valence-electron chi connectivity index (χ2n) is 7.91. The smallest absolute Gasteiger partial charge is 0.0158 e. The molecule has 0 nitrogen and oxygen atoms in total. The van der Waals surface area contributed by atoms with Crippen LogP contribution in [-0.4, -0.2) is 0 Å². The zero-order chi connectivity index (χ0) is 17.7. The molecule has 26 heavy (non-hydrogen) atoms. The fourth-order valence-electron chi connectivity index (χ4n) is 4.46. The largest absolute Gasteiger partial charge is 0.0619 e. The lowest BCUT2D eigenvalue weighted by atomic mass is 9.82. The van der Waals surface area contributed by atoms with Crippen molar-refractivity contribution < 1.29 is 0 Å². The predicted octanol–water partition coefficient (Wildman–Crippen LogP) is 6.74. The maximum atomic E-state index is 2.40. The van der Waals surface area contributed by atoms with Crippen LogP contribution in [0.15, 0.2) is 84.9 Å². The van der Waals surface area contributed by atoms with Gasteiger partial charge in [0.2, 0.25) is 0 Å². The molecule has 126 valence electrons. The van der Waals surface area contributed by atoms with Gasteiger partial charge in [0.25, 0.3) is 0 Å². The van der Waals surface area contributed by atoms with E-state index in [4.69, 9.17) is 0 Å². The topological polar surface area (TPSA) is 0 Å². The average molecular weight is 334 g/mol. The van der Waals surface area contributed by atoms with E-state index in [0.29, 0.717) is 0 Å². The fourth-order valence-corrected chi connectivity index (χ4v) is 4.46. The van der Waals surface area contributed by atoms with E-state index < -0.39 is 0 Å². The molecule has 5 rings (SSSR count). The lowest BCUT2D eigenvalue weighted by Crippen LogP contribution is -2.14. The van der Waals surface area contributed by atoms with Gasteiger partial charge in [-0.3, -0.25) is 0 Å². The molecule has 1 aliphatic carbocycles. The van der Waals surface area contributed by atoms with Gasteiger partial charge in [0.05, 0.1) is 0 Å². The van der Waals surface area contributed by atoms with Gasteiger partial charge in [-0.2, -0.15) is 0 Å². The highest BCUT2D eigenvalue weighted by Gasteiger charge is 2.34. The molecule has 0 radical (unpaired) electrons. The summed E-state index contributed by atoms with van der Waals surface area (Å²) in [6, 6.07) is 31.3. The average Bonchev–Trinajstić information content (AvgIpc) is 2.89. The van der Waals surface area contributed by atoms with E-state index in [-0.39, 0.29) is 5.41 Å². The van der Waals surface area contributed by atoms with Crippen molar-refractivity contribution in [2.45, 2.75) is 25.7 Å². The third kappa shape index (κ3) is 2.29. The number of hydrogen-bond acceptors (Lipinski definition) is 0. The van der Waals surface area contributed by atoms with Gasteiger partial charge in [-0.15, -0.1) is 0 Å². The summed E-state index contributed by atoms with van der Waals surface area (Å²) in [5.41, 5.74) is 8.53. The Morgan fingerprint density at radius 1 is 0.577 bits per heavy atom. The quantitative estimate of drug-likeness (QED) is 0.381. The summed E-state index contributed by atoms with van der Waals surface area (Å²) in [5.74, 6) is 0. The van der Waals surface area contributed by atoms with Gasteiger partial charge in [-0.05, 0) is 50.6 Å². The van der Waals surface area contributed by atoms with E-state index in [2.05, 4.69) is 98.8 Å². The molecular weight excluding hydrogens is 312 g/mol. The number of fused-ring (bicyclic) bond motifs is 4. The molecule has 0 heterocycles. The summed E-state index contributed by atoms with van der Waals surface area (Å²) in [6.45, 7) is 4.67. The Morgan fingerprint density at radius 2 is 1.23 bits per heavy atom.